The number of carbonyl (C=O) groups excluding carboxylic acids is 2. The Balaban J connectivity index is 1.70. The van der Waals surface area contributed by atoms with E-state index in [1.54, 1.807) is 12.1 Å². The van der Waals surface area contributed by atoms with Crippen LogP contribution in [-0.4, -0.2) is 16.9 Å². The molecule has 0 bridgehead atoms. The van der Waals surface area contributed by atoms with Gasteiger partial charge in [-0.25, -0.2) is 9.78 Å². The minimum atomic E-state index is -0.514. The van der Waals surface area contributed by atoms with Crippen LogP contribution in [0.4, 0.5) is 5.13 Å². The smallest absolute Gasteiger partial charge is 0.339 e. The number of esters is 1. The number of nitrogens with zero attached hydrogens (tertiary/aromatic N) is 1. The molecule has 2 aromatic rings. The third-order valence-electron chi connectivity index (χ3n) is 3.01. The molecule has 3 rings (SSSR count). The molecule has 2 heterocycles. The predicted molar refractivity (Wildman–Crippen MR) is 74.7 cm³/mol. The summed E-state index contributed by atoms with van der Waals surface area (Å²) >= 11 is 1.37. The number of cyclic esters (lactones) is 1. The number of benzene rings is 1. The van der Waals surface area contributed by atoms with Gasteiger partial charge >= 0.3 is 5.97 Å². The van der Waals surface area contributed by atoms with Gasteiger partial charge in [-0.3, -0.25) is 4.79 Å². The molecule has 0 saturated heterocycles. The first-order chi connectivity index (χ1) is 9.63. The van der Waals surface area contributed by atoms with Crippen molar-refractivity contribution in [1.29, 1.82) is 0 Å². The van der Waals surface area contributed by atoms with Crippen LogP contribution in [0.5, 0.6) is 0 Å². The normalized spacial score (nSPS) is 16.6. The van der Waals surface area contributed by atoms with Crippen LogP contribution in [0.3, 0.4) is 0 Å². The summed E-state index contributed by atoms with van der Waals surface area (Å²) in [6.45, 7) is 1.86. The molecule has 5 nitrogen and oxygen atoms in total. The second kappa shape index (κ2) is 5.05. The number of carbonyl (C=O) groups is 2. The first kappa shape index (κ1) is 12.8. The average molecular weight is 288 g/mol. The zero-order valence-corrected chi connectivity index (χ0v) is 11.6. The van der Waals surface area contributed by atoms with Gasteiger partial charge in [-0.1, -0.05) is 18.2 Å². The molecule has 0 radical (unpaired) electrons. The number of amides is 1. The molecule has 102 valence electrons. The molecule has 0 spiro atoms. The van der Waals surface area contributed by atoms with Crippen molar-refractivity contribution in [3.63, 3.8) is 0 Å². The lowest BCUT2D eigenvalue weighted by atomic mass is 10.0. The molecule has 1 aliphatic heterocycles. The Hall–Kier alpha value is -2.21. The van der Waals surface area contributed by atoms with E-state index in [-0.39, 0.29) is 18.3 Å². The number of ether oxygens (including phenoxy) is 1. The number of fused-ring (bicyclic) bond motifs is 1. The number of aromatic nitrogens is 1. The van der Waals surface area contributed by atoms with Gasteiger partial charge in [0.2, 0.25) is 5.91 Å². The van der Waals surface area contributed by atoms with Gasteiger partial charge in [0.15, 0.2) is 5.13 Å². The zero-order valence-electron chi connectivity index (χ0n) is 10.8. The van der Waals surface area contributed by atoms with Crippen molar-refractivity contribution in [2.45, 2.75) is 19.4 Å². The van der Waals surface area contributed by atoms with Crippen LogP contribution >= 0.6 is 11.3 Å². The van der Waals surface area contributed by atoms with Crippen molar-refractivity contribution in [3.05, 3.63) is 46.5 Å². The fourth-order valence-corrected chi connectivity index (χ4v) is 2.83. The van der Waals surface area contributed by atoms with Crippen LogP contribution in [0.15, 0.2) is 29.6 Å². The van der Waals surface area contributed by atoms with E-state index in [2.05, 4.69) is 10.3 Å². The van der Waals surface area contributed by atoms with Gasteiger partial charge in [0, 0.05) is 10.9 Å². The number of anilines is 1. The number of hydrogen-bond acceptors (Lipinski definition) is 5. The quantitative estimate of drug-likeness (QED) is 0.882. The van der Waals surface area contributed by atoms with Gasteiger partial charge in [-0.15, -0.1) is 11.3 Å². The number of thiazole rings is 1. The number of rotatable bonds is 3. The van der Waals surface area contributed by atoms with Gasteiger partial charge in [0.1, 0.15) is 6.10 Å². The lowest BCUT2D eigenvalue weighted by Crippen LogP contribution is -2.15. The van der Waals surface area contributed by atoms with Crippen LogP contribution in [0.25, 0.3) is 0 Å². The van der Waals surface area contributed by atoms with Crippen molar-refractivity contribution in [3.8, 4) is 0 Å². The third-order valence-corrected chi connectivity index (χ3v) is 3.89. The standard InChI is InChI=1S/C14H12N2O3S/c1-8-7-20-14(15-8)16-12(17)6-11-9-4-2-3-5-10(9)13(18)19-11/h2-5,7,11H,6H2,1H3,(H,15,16,17)/t11-/m0/s1. The number of nitrogens with one attached hydrogen (secondary N) is 1. The molecule has 0 aliphatic carbocycles. The molecule has 1 aromatic heterocycles. The maximum absolute atomic E-state index is 12.0. The summed E-state index contributed by atoms with van der Waals surface area (Å²) in [6, 6.07) is 7.13. The van der Waals surface area contributed by atoms with E-state index in [1.165, 1.54) is 11.3 Å². The second-order valence-corrected chi connectivity index (χ2v) is 5.39. The van der Waals surface area contributed by atoms with Gasteiger partial charge in [0.05, 0.1) is 17.7 Å². The Bertz CT molecular complexity index is 681. The van der Waals surface area contributed by atoms with Crippen molar-refractivity contribution >= 4 is 28.3 Å². The van der Waals surface area contributed by atoms with Crippen molar-refractivity contribution in [2.24, 2.45) is 0 Å². The van der Waals surface area contributed by atoms with Crippen LogP contribution in [0.1, 0.15) is 34.1 Å². The van der Waals surface area contributed by atoms with E-state index >= 15 is 0 Å². The average Bonchev–Trinajstić information content (AvgIpc) is 2.95. The first-order valence-electron chi connectivity index (χ1n) is 6.15. The molecule has 0 fully saturated rings. The molecule has 20 heavy (non-hydrogen) atoms. The van der Waals surface area contributed by atoms with E-state index in [4.69, 9.17) is 4.74 Å². The molecule has 1 N–H and O–H groups in total. The molecule has 1 amide bonds. The summed E-state index contributed by atoms with van der Waals surface area (Å²) in [6.07, 6.45) is -0.416. The van der Waals surface area contributed by atoms with E-state index in [9.17, 15) is 9.59 Å². The molecule has 1 atom stereocenters. The highest BCUT2D eigenvalue weighted by atomic mass is 32.1. The summed E-state index contributed by atoms with van der Waals surface area (Å²) in [5.41, 5.74) is 2.17. The summed E-state index contributed by atoms with van der Waals surface area (Å²) in [5.74, 6) is -0.586. The highest BCUT2D eigenvalue weighted by Crippen LogP contribution is 2.33. The van der Waals surface area contributed by atoms with Crippen LogP contribution in [0, 0.1) is 6.92 Å². The lowest BCUT2D eigenvalue weighted by Gasteiger charge is -2.09. The minimum Gasteiger partial charge on any atom is -0.453 e. The molecular weight excluding hydrogens is 276 g/mol. The van der Waals surface area contributed by atoms with E-state index in [0.717, 1.165) is 11.3 Å². The summed E-state index contributed by atoms with van der Waals surface area (Å²) in [5, 5.41) is 5.13. The van der Waals surface area contributed by atoms with Crippen LogP contribution in [0.2, 0.25) is 0 Å². The molecule has 1 aliphatic rings. The molecule has 0 saturated carbocycles. The summed E-state index contributed by atoms with van der Waals surface area (Å²) in [4.78, 5) is 27.8. The number of aryl methyl sites for hydroxylation is 1. The number of hydrogen-bond donors (Lipinski definition) is 1. The second-order valence-electron chi connectivity index (χ2n) is 4.53. The molecule has 6 heteroatoms. The zero-order chi connectivity index (χ0) is 14.1. The Morgan fingerprint density at radius 1 is 1.45 bits per heavy atom. The highest BCUT2D eigenvalue weighted by Gasteiger charge is 2.32. The van der Waals surface area contributed by atoms with Gasteiger partial charge in [-0.2, -0.15) is 0 Å². The van der Waals surface area contributed by atoms with Gasteiger partial charge in [-0.05, 0) is 13.0 Å². The minimum absolute atomic E-state index is 0.0986. The first-order valence-corrected chi connectivity index (χ1v) is 7.03. The molecular formula is C14H12N2O3S. The monoisotopic (exact) mass is 288 g/mol. The van der Waals surface area contributed by atoms with Crippen molar-refractivity contribution in [2.75, 3.05) is 5.32 Å². The Labute approximate surface area is 119 Å². The van der Waals surface area contributed by atoms with Gasteiger partial charge < -0.3 is 10.1 Å². The Morgan fingerprint density at radius 2 is 2.25 bits per heavy atom. The van der Waals surface area contributed by atoms with E-state index < -0.39 is 6.10 Å². The maximum Gasteiger partial charge on any atom is 0.339 e. The fraction of sp³-hybridized carbons (Fsp3) is 0.214. The fourth-order valence-electron chi connectivity index (χ4n) is 2.12. The molecule has 1 aromatic carbocycles. The highest BCUT2D eigenvalue weighted by molar-refractivity contribution is 7.13. The van der Waals surface area contributed by atoms with Crippen LogP contribution < -0.4 is 5.32 Å². The van der Waals surface area contributed by atoms with Crippen LogP contribution in [-0.2, 0) is 9.53 Å². The SMILES string of the molecule is Cc1csc(NC(=O)C[C@@H]2OC(=O)c3ccccc32)n1. The Kier molecular flexibility index (Phi) is 3.23. The summed E-state index contributed by atoms with van der Waals surface area (Å²) in [7, 11) is 0. The van der Waals surface area contributed by atoms with E-state index in [1.807, 2.05) is 24.4 Å². The predicted octanol–water partition coefficient (Wildman–Crippen LogP) is 2.69. The van der Waals surface area contributed by atoms with E-state index in [0.29, 0.717) is 10.7 Å². The largest absolute Gasteiger partial charge is 0.453 e. The molecule has 0 unspecified atom stereocenters. The Morgan fingerprint density at radius 3 is 3.00 bits per heavy atom. The third kappa shape index (κ3) is 2.42. The lowest BCUT2D eigenvalue weighted by molar-refractivity contribution is -0.118. The summed E-state index contributed by atoms with van der Waals surface area (Å²) < 4.78 is 5.23. The topological polar surface area (TPSA) is 68.3 Å². The van der Waals surface area contributed by atoms with Crippen molar-refractivity contribution in [1.82, 2.24) is 4.98 Å². The van der Waals surface area contributed by atoms with Crippen molar-refractivity contribution < 1.29 is 14.3 Å². The van der Waals surface area contributed by atoms with Gasteiger partial charge in [0.25, 0.3) is 0 Å². The maximum atomic E-state index is 12.0.